The van der Waals surface area contributed by atoms with Gasteiger partial charge in [0.1, 0.15) is 17.7 Å². The predicted molar refractivity (Wildman–Crippen MR) is 102 cm³/mol. The summed E-state index contributed by atoms with van der Waals surface area (Å²) < 4.78 is 21.4. The summed E-state index contributed by atoms with van der Waals surface area (Å²) in [5, 5.41) is 8.08. The second-order valence-corrected chi connectivity index (χ2v) is 7.20. The molecule has 0 aliphatic carbocycles. The number of nitrogens with one attached hydrogen (secondary N) is 1. The van der Waals surface area contributed by atoms with Gasteiger partial charge in [-0.1, -0.05) is 5.11 Å². The molecule has 3 unspecified atom stereocenters. The van der Waals surface area contributed by atoms with Crippen molar-refractivity contribution in [3.8, 4) is 0 Å². The fourth-order valence-electron chi connectivity index (χ4n) is 2.62. The lowest BCUT2D eigenvalue weighted by molar-refractivity contribution is -0.208. The number of ether oxygens (including phenoxy) is 4. The van der Waals surface area contributed by atoms with E-state index in [1.807, 2.05) is 0 Å². The normalized spacial score (nSPS) is 26.2. The number of amides is 1. The van der Waals surface area contributed by atoms with Crippen LogP contribution < -0.4 is 5.32 Å². The molecule has 1 fully saturated rings. The number of hydrogen-bond acceptors (Lipinski definition) is 10. The van der Waals surface area contributed by atoms with E-state index >= 15 is 0 Å². The van der Waals surface area contributed by atoms with Crippen LogP contribution >= 0.6 is 12.2 Å². The van der Waals surface area contributed by atoms with Crippen LogP contribution in [-0.4, -0.2) is 65.9 Å². The maximum atomic E-state index is 12.4. The lowest BCUT2D eigenvalue weighted by Gasteiger charge is -2.43. The zero-order valence-corrected chi connectivity index (χ0v) is 17.5. The third-order valence-corrected chi connectivity index (χ3v) is 3.57. The first-order chi connectivity index (χ1) is 13.5. The average Bonchev–Trinajstić information content (AvgIpc) is 2.56. The molecule has 0 radical (unpaired) electrons. The molecular formula is C16H23N5O7S. The van der Waals surface area contributed by atoms with E-state index in [1.54, 1.807) is 20.8 Å². The number of thiocarbonyl (C=S) groups is 1. The van der Waals surface area contributed by atoms with Crippen molar-refractivity contribution in [2.75, 3.05) is 6.54 Å². The molecule has 13 heteroatoms. The van der Waals surface area contributed by atoms with Crippen LogP contribution in [0.4, 0.5) is 4.79 Å². The highest BCUT2D eigenvalue weighted by atomic mass is 32.1. The summed E-state index contributed by atoms with van der Waals surface area (Å²) in [6.07, 6.45) is -5.46. The molecule has 1 aliphatic rings. The van der Waals surface area contributed by atoms with Crippen molar-refractivity contribution in [2.24, 2.45) is 10.1 Å². The predicted octanol–water partition coefficient (Wildman–Crippen LogP) is 1.88. The van der Waals surface area contributed by atoms with Crippen molar-refractivity contribution in [3.05, 3.63) is 10.4 Å². The van der Waals surface area contributed by atoms with Gasteiger partial charge in [0.25, 0.3) is 0 Å². The van der Waals surface area contributed by atoms with Crippen molar-refractivity contribution in [1.29, 1.82) is 0 Å². The second-order valence-electron chi connectivity index (χ2n) is 7.02. The Morgan fingerprint density at radius 3 is 2.28 bits per heavy atom. The molecule has 0 aromatic carbocycles. The van der Waals surface area contributed by atoms with Gasteiger partial charge in [0.15, 0.2) is 18.4 Å². The van der Waals surface area contributed by atoms with Crippen molar-refractivity contribution in [2.45, 2.75) is 70.8 Å². The summed E-state index contributed by atoms with van der Waals surface area (Å²) in [5.74, 6) is -1.40. The van der Waals surface area contributed by atoms with E-state index in [9.17, 15) is 14.4 Å². The van der Waals surface area contributed by atoms with Gasteiger partial charge in [0, 0.05) is 18.8 Å². The number of isothiocyanates is 1. The highest BCUT2D eigenvalue weighted by molar-refractivity contribution is 7.78. The van der Waals surface area contributed by atoms with Gasteiger partial charge >= 0.3 is 18.0 Å². The summed E-state index contributed by atoms with van der Waals surface area (Å²) in [4.78, 5) is 42.1. The van der Waals surface area contributed by atoms with E-state index in [1.165, 1.54) is 0 Å². The van der Waals surface area contributed by atoms with Gasteiger partial charge < -0.3 is 24.3 Å². The van der Waals surface area contributed by atoms with E-state index in [-0.39, 0.29) is 6.54 Å². The van der Waals surface area contributed by atoms with Crippen LogP contribution in [0.5, 0.6) is 0 Å². The Hall–Kier alpha value is -2.72. The molecule has 12 nitrogen and oxygen atoms in total. The van der Waals surface area contributed by atoms with E-state index in [0.717, 1.165) is 13.8 Å². The largest absolute Gasteiger partial charge is 0.457 e. The van der Waals surface area contributed by atoms with Gasteiger partial charge in [0.05, 0.1) is 11.7 Å². The molecule has 0 spiro atoms. The Morgan fingerprint density at radius 1 is 1.21 bits per heavy atom. The highest BCUT2D eigenvalue weighted by Crippen LogP contribution is 2.28. The van der Waals surface area contributed by atoms with Crippen LogP contribution in [0.2, 0.25) is 0 Å². The molecule has 0 aromatic heterocycles. The summed E-state index contributed by atoms with van der Waals surface area (Å²) >= 11 is 4.61. The van der Waals surface area contributed by atoms with Gasteiger partial charge in [-0.15, -0.1) is 0 Å². The van der Waals surface area contributed by atoms with Crippen LogP contribution in [0, 0.1) is 0 Å². The molecular weight excluding hydrogens is 406 g/mol. The third kappa shape index (κ3) is 8.04. The van der Waals surface area contributed by atoms with Gasteiger partial charge in [0.2, 0.25) is 0 Å². The summed E-state index contributed by atoms with van der Waals surface area (Å²) in [6.45, 7) is 7.03. The number of nitrogens with zero attached hydrogens (tertiary/aromatic N) is 4. The lowest BCUT2D eigenvalue weighted by atomic mass is 9.94. The van der Waals surface area contributed by atoms with E-state index in [2.05, 4.69) is 37.7 Å². The molecule has 1 aliphatic heterocycles. The maximum absolute atomic E-state index is 12.4. The molecule has 0 aromatic rings. The molecule has 5 atom stereocenters. The summed E-state index contributed by atoms with van der Waals surface area (Å²) in [7, 11) is 0. The first kappa shape index (κ1) is 24.3. The molecule has 160 valence electrons. The van der Waals surface area contributed by atoms with Gasteiger partial charge in [-0.3, -0.25) is 9.59 Å². The van der Waals surface area contributed by atoms with Crippen LogP contribution in [0.25, 0.3) is 10.4 Å². The smallest absolute Gasteiger partial charge is 0.408 e. The number of carbonyl (C=O) groups is 3. The lowest BCUT2D eigenvalue weighted by Crippen LogP contribution is -2.66. The van der Waals surface area contributed by atoms with Crippen molar-refractivity contribution in [3.63, 3.8) is 0 Å². The summed E-state index contributed by atoms with van der Waals surface area (Å²) in [5.41, 5.74) is 7.81. The standard InChI is InChI=1S/C16H23N5O7S/c1-8(22)25-12-10(6-19-21-17)27-14(18-7-29)13(26-9(2)23)11(12)20-15(24)28-16(3,4)5/h10-14H,6H2,1-5H3,(H,20,24)/t10?,11?,12-,13?,14+/m0/s1. The number of hydrogen-bond donors (Lipinski definition) is 1. The molecule has 1 amide bonds. The molecule has 1 saturated heterocycles. The van der Waals surface area contributed by atoms with Gasteiger partial charge in [-0.25, -0.2) is 4.79 Å². The van der Waals surface area contributed by atoms with E-state index < -0.39 is 54.2 Å². The minimum atomic E-state index is -1.22. The number of esters is 2. The number of rotatable bonds is 6. The molecule has 0 saturated carbocycles. The van der Waals surface area contributed by atoms with Crippen LogP contribution in [0.1, 0.15) is 34.6 Å². The molecule has 1 N–H and O–H groups in total. The topological polar surface area (TPSA) is 161 Å². The third-order valence-electron chi connectivity index (χ3n) is 3.46. The molecule has 1 rings (SSSR count). The quantitative estimate of drug-likeness (QED) is 0.127. The Morgan fingerprint density at radius 2 is 1.79 bits per heavy atom. The Labute approximate surface area is 172 Å². The van der Waals surface area contributed by atoms with Crippen molar-refractivity contribution < 1.29 is 33.3 Å². The zero-order valence-electron chi connectivity index (χ0n) is 16.6. The Kier molecular flexibility index (Phi) is 8.99. The number of alkyl carbamates (subject to hydrolysis) is 1. The SMILES string of the molecule is CC(=O)OC1C(NC(=O)OC(C)(C)C)[C@@H](OC(C)=O)C(CN=[N+]=[N-])O[C@H]1N=C=S. The fourth-order valence-corrected chi connectivity index (χ4v) is 2.73. The fraction of sp³-hybridized carbons (Fsp3) is 0.750. The van der Waals surface area contributed by atoms with Crippen LogP contribution in [0.15, 0.2) is 10.1 Å². The Bertz CT molecular complexity index is 728. The monoisotopic (exact) mass is 429 g/mol. The minimum absolute atomic E-state index is 0.253. The van der Waals surface area contributed by atoms with E-state index in [0.29, 0.717) is 0 Å². The van der Waals surface area contributed by atoms with Gasteiger partial charge in [-0.2, -0.15) is 4.99 Å². The number of aliphatic imine (C=N–C) groups is 1. The van der Waals surface area contributed by atoms with E-state index in [4.69, 9.17) is 24.5 Å². The van der Waals surface area contributed by atoms with Crippen molar-refractivity contribution in [1.82, 2.24) is 5.32 Å². The first-order valence-electron chi connectivity index (χ1n) is 8.55. The number of azide groups is 1. The molecule has 0 bridgehead atoms. The maximum Gasteiger partial charge on any atom is 0.408 e. The van der Waals surface area contributed by atoms with Crippen molar-refractivity contribution >= 4 is 35.4 Å². The second kappa shape index (κ2) is 10.7. The number of carbonyl (C=O) groups excluding carboxylic acids is 3. The minimum Gasteiger partial charge on any atom is -0.457 e. The molecule has 1 heterocycles. The average molecular weight is 429 g/mol. The first-order valence-corrected chi connectivity index (χ1v) is 8.96. The van der Waals surface area contributed by atoms with Crippen LogP contribution in [0.3, 0.4) is 0 Å². The summed E-state index contributed by atoms with van der Waals surface area (Å²) in [6, 6.07) is -1.14. The molecule has 29 heavy (non-hydrogen) atoms. The zero-order chi connectivity index (χ0) is 22.2. The Balaban J connectivity index is 3.37. The van der Waals surface area contributed by atoms with Gasteiger partial charge in [-0.05, 0) is 38.5 Å². The van der Waals surface area contributed by atoms with Crippen LogP contribution in [-0.2, 0) is 28.5 Å². The highest BCUT2D eigenvalue weighted by Gasteiger charge is 2.50.